The molecular weight excluding hydrogens is 454 g/mol. The van der Waals surface area contributed by atoms with Crippen molar-refractivity contribution >= 4 is 34.7 Å². The van der Waals surface area contributed by atoms with Crippen molar-refractivity contribution in [2.24, 2.45) is 5.10 Å². The zero-order chi connectivity index (χ0) is 22.7. The van der Waals surface area contributed by atoms with E-state index in [2.05, 4.69) is 5.10 Å². The fourth-order valence-electron chi connectivity index (χ4n) is 3.43. The Kier molecular flexibility index (Phi) is 6.76. The average Bonchev–Trinajstić information content (AvgIpc) is 3.49. The standard InChI is InChI=1S/C23H20F2N2O3S2/c1-29-20-8-5-14(10-21(20)30-2)19-12-18(22-4-3-9-31-22)26-27(19)23(28)13-32-15-6-7-16(24)17(25)11-15/h3-11,19H,12-13H2,1-2H3. The lowest BCUT2D eigenvalue weighted by Gasteiger charge is -2.23. The van der Waals surface area contributed by atoms with Crippen LogP contribution in [0, 0.1) is 11.6 Å². The number of rotatable bonds is 7. The molecular formula is C23H20F2N2O3S2. The summed E-state index contributed by atoms with van der Waals surface area (Å²) < 4.78 is 37.4. The summed E-state index contributed by atoms with van der Waals surface area (Å²) in [5, 5.41) is 8.06. The van der Waals surface area contributed by atoms with Gasteiger partial charge >= 0.3 is 0 Å². The molecule has 1 aromatic heterocycles. The van der Waals surface area contributed by atoms with Gasteiger partial charge in [0.2, 0.25) is 0 Å². The minimum atomic E-state index is -0.940. The van der Waals surface area contributed by atoms with Gasteiger partial charge in [-0.2, -0.15) is 5.10 Å². The van der Waals surface area contributed by atoms with Crippen molar-refractivity contribution in [3.8, 4) is 11.5 Å². The zero-order valence-corrected chi connectivity index (χ0v) is 19.0. The lowest BCUT2D eigenvalue weighted by atomic mass is 10.0. The van der Waals surface area contributed by atoms with Gasteiger partial charge in [-0.05, 0) is 47.3 Å². The lowest BCUT2D eigenvalue weighted by molar-refractivity contribution is -0.130. The smallest absolute Gasteiger partial charge is 0.253 e. The highest BCUT2D eigenvalue weighted by Gasteiger charge is 2.34. The van der Waals surface area contributed by atoms with Crippen LogP contribution >= 0.6 is 23.1 Å². The zero-order valence-electron chi connectivity index (χ0n) is 17.4. The molecule has 0 bridgehead atoms. The number of thiophene rings is 1. The molecule has 1 aliphatic heterocycles. The maximum absolute atomic E-state index is 13.5. The van der Waals surface area contributed by atoms with Crippen LogP contribution < -0.4 is 9.47 Å². The second kappa shape index (κ2) is 9.70. The van der Waals surface area contributed by atoms with Crippen LogP contribution in [0.1, 0.15) is 22.9 Å². The SMILES string of the molecule is COc1ccc(C2CC(c3cccs3)=NN2C(=O)CSc2ccc(F)c(F)c2)cc1OC. The maximum atomic E-state index is 13.5. The Hall–Kier alpha value is -2.91. The Labute approximate surface area is 192 Å². The summed E-state index contributed by atoms with van der Waals surface area (Å²) in [5.74, 6) is -0.885. The number of halogens is 2. The number of carbonyl (C=O) groups is 1. The Morgan fingerprint density at radius 1 is 1.12 bits per heavy atom. The Bertz CT molecular complexity index is 1150. The quantitative estimate of drug-likeness (QED) is 0.424. The van der Waals surface area contributed by atoms with Crippen molar-refractivity contribution < 1.29 is 23.0 Å². The van der Waals surface area contributed by atoms with Crippen LogP contribution in [0.3, 0.4) is 0 Å². The van der Waals surface area contributed by atoms with Gasteiger partial charge in [0.1, 0.15) is 0 Å². The first kappa shape index (κ1) is 22.3. The molecule has 5 nitrogen and oxygen atoms in total. The number of hydrogen-bond acceptors (Lipinski definition) is 6. The van der Waals surface area contributed by atoms with Gasteiger partial charge in [0, 0.05) is 11.3 Å². The van der Waals surface area contributed by atoms with Crippen LogP contribution in [0.15, 0.2) is 63.9 Å². The predicted molar refractivity (Wildman–Crippen MR) is 122 cm³/mol. The molecule has 1 amide bonds. The van der Waals surface area contributed by atoms with E-state index < -0.39 is 11.6 Å². The fourth-order valence-corrected chi connectivity index (χ4v) is 4.92. The van der Waals surface area contributed by atoms with Crippen LogP contribution in [0.2, 0.25) is 0 Å². The van der Waals surface area contributed by atoms with Crippen LogP contribution in [-0.2, 0) is 4.79 Å². The van der Waals surface area contributed by atoms with Gasteiger partial charge in [-0.15, -0.1) is 23.1 Å². The summed E-state index contributed by atoms with van der Waals surface area (Å²) in [5.41, 5.74) is 1.69. The second-order valence-electron chi connectivity index (χ2n) is 6.96. The van der Waals surface area contributed by atoms with E-state index in [4.69, 9.17) is 9.47 Å². The van der Waals surface area contributed by atoms with Crippen molar-refractivity contribution in [1.29, 1.82) is 0 Å². The number of ether oxygens (including phenoxy) is 2. The van der Waals surface area contributed by atoms with E-state index in [0.717, 1.165) is 40.0 Å². The summed E-state index contributed by atoms with van der Waals surface area (Å²) in [6.45, 7) is 0. The number of carbonyl (C=O) groups excluding carboxylic acids is 1. The summed E-state index contributed by atoms with van der Waals surface area (Å²) in [6, 6.07) is 12.7. The number of hydrazone groups is 1. The van der Waals surface area contributed by atoms with Crippen LogP contribution in [0.5, 0.6) is 11.5 Å². The maximum Gasteiger partial charge on any atom is 0.253 e. The Balaban J connectivity index is 1.59. The molecule has 2 aromatic carbocycles. The van der Waals surface area contributed by atoms with E-state index in [1.54, 1.807) is 31.6 Å². The number of benzene rings is 2. The monoisotopic (exact) mass is 474 g/mol. The topological polar surface area (TPSA) is 51.1 Å². The number of methoxy groups -OCH3 is 2. The van der Waals surface area contributed by atoms with Crippen molar-refractivity contribution in [3.63, 3.8) is 0 Å². The molecule has 4 rings (SSSR count). The number of nitrogens with zero attached hydrogens (tertiary/aromatic N) is 2. The third kappa shape index (κ3) is 4.63. The van der Waals surface area contributed by atoms with E-state index in [9.17, 15) is 13.6 Å². The van der Waals surface area contributed by atoms with Gasteiger partial charge in [-0.1, -0.05) is 12.1 Å². The van der Waals surface area contributed by atoms with Gasteiger partial charge in [0.05, 0.1) is 36.6 Å². The van der Waals surface area contributed by atoms with Crippen molar-refractivity contribution in [1.82, 2.24) is 5.01 Å². The summed E-state index contributed by atoms with van der Waals surface area (Å²) in [6.07, 6.45) is 0.553. The molecule has 1 aliphatic rings. The van der Waals surface area contributed by atoms with Crippen molar-refractivity contribution in [2.75, 3.05) is 20.0 Å². The Morgan fingerprint density at radius 3 is 2.62 bits per heavy atom. The summed E-state index contributed by atoms with van der Waals surface area (Å²) in [4.78, 5) is 14.6. The lowest BCUT2D eigenvalue weighted by Crippen LogP contribution is -2.28. The van der Waals surface area contributed by atoms with Gasteiger partial charge in [-0.3, -0.25) is 4.79 Å². The van der Waals surface area contributed by atoms with E-state index in [0.29, 0.717) is 22.8 Å². The van der Waals surface area contributed by atoms with Gasteiger partial charge in [-0.25, -0.2) is 13.8 Å². The molecule has 32 heavy (non-hydrogen) atoms. The summed E-state index contributed by atoms with van der Waals surface area (Å²) in [7, 11) is 3.13. The highest BCUT2D eigenvalue weighted by atomic mass is 32.2. The van der Waals surface area contributed by atoms with Crippen LogP contribution in [-0.4, -0.2) is 36.6 Å². The molecule has 0 radical (unpaired) electrons. The highest BCUT2D eigenvalue weighted by Crippen LogP contribution is 2.38. The van der Waals surface area contributed by atoms with Gasteiger partial charge < -0.3 is 9.47 Å². The van der Waals surface area contributed by atoms with Crippen molar-refractivity contribution in [2.45, 2.75) is 17.4 Å². The highest BCUT2D eigenvalue weighted by molar-refractivity contribution is 8.00. The molecule has 1 unspecified atom stereocenters. The van der Waals surface area contributed by atoms with E-state index >= 15 is 0 Å². The molecule has 0 fully saturated rings. The van der Waals surface area contributed by atoms with Crippen LogP contribution in [0.4, 0.5) is 8.78 Å². The first-order chi connectivity index (χ1) is 15.5. The summed E-state index contributed by atoms with van der Waals surface area (Å²) >= 11 is 2.70. The number of hydrogen-bond donors (Lipinski definition) is 0. The van der Waals surface area contributed by atoms with E-state index in [1.165, 1.54) is 11.1 Å². The third-order valence-corrected chi connectivity index (χ3v) is 6.91. The molecule has 0 saturated carbocycles. The Morgan fingerprint density at radius 2 is 1.94 bits per heavy atom. The fraction of sp³-hybridized carbons (Fsp3) is 0.217. The number of amides is 1. The third-order valence-electron chi connectivity index (χ3n) is 5.02. The average molecular weight is 475 g/mol. The first-order valence-electron chi connectivity index (χ1n) is 9.73. The molecule has 0 aliphatic carbocycles. The van der Waals surface area contributed by atoms with Crippen LogP contribution in [0.25, 0.3) is 0 Å². The molecule has 1 atom stereocenters. The molecule has 166 valence electrons. The second-order valence-corrected chi connectivity index (χ2v) is 8.96. The molecule has 0 spiro atoms. The molecule has 3 aromatic rings. The van der Waals surface area contributed by atoms with E-state index in [1.807, 2.05) is 29.6 Å². The minimum absolute atomic E-state index is 0.0378. The minimum Gasteiger partial charge on any atom is -0.493 e. The van der Waals surface area contributed by atoms with Gasteiger partial charge in [0.25, 0.3) is 5.91 Å². The molecule has 2 heterocycles. The van der Waals surface area contributed by atoms with Crippen molar-refractivity contribution in [3.05, 3.63) is 76.0 Å². The van der Waals surface area contributed by atoms with Gasteiger partial charge in [0.15, 0.2) is 23.1 Å². The largest absolute Gasteiger partial charge is 0.493 e. The first-order valence-corrected chi connectivity index (χ1v) is 11.6. The number of thioether (sulfide) groups is 1. The normalized spacial score (nSPS) is 15.6. The molecule has 0 N–H and O–H groups in total. The molecule has 0 saturated heterocycles. The molecule has 9 heteroatoms. The predicted octanol–water partition coefficient (Wildman–Crippen LogP) is 5.51. The van der Waals surface area contributed by atoms with E-state index in [-0.39, 0.29) is 17.7 Å².